The summed E-state index contributed by atoms with van der Waals surface area (Å²) in [5.41, 5.74) is 4.41. The van der Waals surface area contributed by atoms with Crippen molar-refractivity contribution in [3.63, 3.8) is 0 Å². The highest BCUT2D eigenvalue weighted by Crippen LogP contribution is 2.44. The summed E-state index contributed by atoms with van der Waals surface area (Å²) in [7, 11) is 0. The van der Waals surface area contributed by atoms with Crippen LogP contribution in [-0.2, 0) is 12.8 Å². The Bertz CT molecular complexity index is 803. The van der Waals surface area contributed by atoms with E-state index in [2.05, 4.69) is 10.6 Å². The van der Waals surface area contributed by atoms with Crippen LogP contribution in [0.3, 0.4) is 0 Å². The van der Waals surface area contributed by atoms with Crippen LogP contribution >= 0.6 is 11.6 Å². The van der Waals surface area contributed by atoms with E-state index in [0.717, 1.165) is 46.7 Å². The van der Waals surface area contributed by atoms with Crippen LogP contribution in [0.15, 0.2) is 24.3 Å². The molecular formula is C18H17ClN2O3. The summed E-state index contributed by atoms with van der Waals surface area (Å²) in [6, 6.07) is 7.10. The lowest BCUT2D eigenvalue weighted by Gasteiger charge is -2.15. The van der Waals surface area contributed by atoms with Gasteiger partial charge in [-0.25, -0.2) is 4.79 Å². The number of nitrogens with one attached hydrogen (secondary N) is 2. The second-order valence-corrected chi connectivity index (χ2v) is 6.39. The van der Waals surface area contributed by atoms with Crippen molar-refractivity contribution in [1.82, 2.24) is 0 Å². The molecule has 0 saturated heterocycles. The maximum atomic E-state index is 12.5. The maximum absolute atomic E-state index is 12.5. The standard InChI is InChI=1S/C18H17ClN2O3/c1-10-2-3-12(19)9-14(10)20-18(22)21-16-13-5-7-23-15(13)8-11-4-6-24-17(11)16/h2-3,8-9H,4-7H2,1H3,(H2,20,21,22). The smallest absolute Gasteiger partial charge is 0.323 e. The van der Waals surface area contributed by atoms with Crippen LogP contribution < -0.4 is 20.1 Å². The van der Waals surface area contributed by atoms with Crippen LogP contribution in [0.25, 0.3) is 0 Å². The van der Waals surface area contributed by atoms with E-state index in [1.807, 2.05) is 19.1 Å². The summed E-state index contributed by atoms with van der Waals surface area (Å²) in [4.78, 5) is 12.5. The first-order chi connectivity index (χ1) is 11.6. The third-order valence-electron chi connectivity index (χ3n) is 4.34. The summed E-state index contributed by atoms with van der Waals surface area (Å²) < 4.78 is 11.4. The van der Waals surface area contributed by atoms with Crippen LogP contribution in [0.1, 0.15) is 16.7 Å². The average molecular weight is 345 g/mol. The maximum Gasteiger partial charge on any atom is 0.323 e. The number of amides is 2. The van der Waals surface area contributed by atoms with Crippen molar-refractivity contribution in [2.45, 2.75) is 19.8 Å². The molecule has 124 valence electrons. The molecule has 0 spiro atoms. The van der Waals surface area contributed by atoms with Gasteiger partial charge >= 0.3 is 6.03 Å². The molecule has 24 heavy (non-hydrogen) atoms. The quantitative estimate of drug-likeness (QED) is 0.859. The molecule has 4 rings (SSSR count). The van der Waals surface area contributed by atoms with Gasteiger partial charge in [-0.1, -0.05) is 17.7 Å². The van der Waals surface area contributed by atoms with Crippen molar-refractivity contribution in [2.24, 2.45) is 0 Å². The van der Waals surface area contributed by atoms with Crippen LogP contribution in [-0.4, -0.2) is 19.2 Å². The highest BCUT2D eigenvalue weighted by molar-refractivity contribution is 6.31. The summed E-state index contributed by atoms with van der Waals surface area (Å²) in [6.45, 7) is 3.17. The molecule has 2 aromatic carbocycles. The third-order valence-corrected chi connectivity index (χ3v) is 4.57. The minimum atomic E-state index is -0.321. The molecule has 0 fully saturated rings. The van der Waals surface area contributed by atoms with E-state index < -0.39 is 0 Å². The molecule has 2 amide bonds. The lowest BCUT2D eigenvalue weighted by atomic mass is 10.0. The SMILES string of the molecule is Cc1ccc(Cl)cc1NC(=O)Nc1c2c(cc3c1OCC3)OCC2. The number of aryl methyl sites for hydroxylation is 1. The zero-order valence-electron chi connectivity index (χ0n) is 13.2. The van der Waals surface area contributed by atoms with Gasteiger partial charge in [-0.05, 0) is 30.7 Å². The topological polar surface area (TPSA) is 59.6 Å². The highest BCUT2D eigenvalue weighted by atomic mass is 35.5. The van der Waals surface area contributed by atoms with Gasteiger partial charge in [0.15, 0.2) is 0 Å². The van der Waals surface area contributed by atoms with Crippen LogP contribution in [0.5, 0.6) is 11.5 Å². The van der Waals surface area contributed by atoms with Gasteiger partial charge in [-0.3, -0.25) is 0 Å². The Morgan fingerprint density at radius 1 is 1.12 bits per heavy atom. The predicted octanol–water partition coefficient (Wildman–Crippen LogP) is 4.16. The molecule has 0 aliphatic carbocycles. The van der Waals surface area contributed by atoms with E-state index in [1.54, 1.807) is 12.1 Å². The van der Waals surface area contributed by atoms with Crippen molar-refractivity contribution in [1.29, 1.82) is 0 Å². The number of carbonyl (C=O) groups is 1. The van der Waals surface area contributed by atoms with E-state index in [0.29, 0.717) is 23.9 Å². The number of fused-ring (bicyclic) bond motifs is 2. The van der Waals surface area contributed by atoms with Crippen molar-refractivity contribution in [3.05, 3.63) is 46.0 Å². The molecule has 2 aromatic rings. The molecule has 2 aliphatic rings. The van der Waals surface area contributed by atoms with Gasteiger partial charge in [0.1, 0.15) is 11.5 Å². The lowest BCUT2D eigenvalue weighted by molar-refractivity contribution is 0.262. The summed E-state index contributed by atoms with van der Waals surface area (Å²) >= 11 is 6.01. The Hall–Kier alpha value is -2.40. The van der Waals surface area contributed by atoms with Crippen LogP contribution in [0.2, 0.25) is 5.02 Å². The number of hydrogen-bond donors (Lipinski definition) is 2. The molecule has 0 atom stereocenters. The monoisotopic (exact) mass is 344 g/mol. The van der Waals surface area contributed by atoms with Crippen LogP contribution in [0.4, 0.5) is 16.2 Å². The zero-order valence-corrected chi connectivity index (χ0v) is 14.0. The second-order valence-electron chi connectivity index (χ2n) is 5.95. The van der Waals surface area contributed by atoms with Crippen molar-refractivity contribution < 1.29 is 14.3 Å². The number of hydrogen-bond acceptors (Lipinski definition) is 3. The summed E-state index contributed by atoms with van der Waals surface area (Å²) in [5, 5.41) is 6.37. The van der Waals surface area contributed by atoms with Crippen molar-refractivity contribution in [2.75, 3.05) is 23.8 Å². The predicted molar refractivity (Wildman–Crippen MR) is 93.7 cm³/mol. The minimum Gasteiger partial charge on any atom is -0.493 e. The Labute approximate surface area is 144 Å². The summed E-state index contributed by atoms with van der Waals surface area (Å²) in [5.74, 6) is 1.60. The van der Waals surface area contributed by atoms with Gasteiger partial charge in [0.25, 0.3) is 0 Å². The van der Waals surface area contributed by atoms with Gasteiger partial charge in [0.2, 0.25) is 0 Å². The molecule has 0 saturated carbocycles. The largest absolute Gasteiger partial charge is 0.493 e. The molecule has 6 heteroatoms. The number of anilines is 2. The third kappa shape index (κ3) is 2.65. The van der Waals surface area contributed by atoms with E-state index in [4.69, 9.17) is 21.1 Å². The normalized spacial score (nSPS) is 14.4. The fourth-order valence-electron chi connectivity index (χ4n) is 3.11. The fraction of sp³-hybridized carbons (Fsp3) is 0.278. The number of urea groups is 1. The Morgan fingerprint density at radius 3 is 2.83 bits per heavy atom. The lowest BCUT2D eigenvalue weighted by Crippen LogP contribution is -2.21. The number of rotatable bonds is 2. The molecule has 5 nitrogen and oxygen atoms in total. The molecule has 2 N–H and O–H groups in total. The highest BCUT2D eigenvalue weighted by Gasteiger charge is 2.27. The first-order valence-corrected chi connectivity index (χ1v) is 8.28. The molecular weight excluding hydrogens is 328 g/mol. The molecule has 0 radical (unpaired) electrons. The number of benzene rings is 2. The Kier molecular flexibility index (Phi) is 3.73. The van der Waals surface area contributed by atoms with E-state index in [9.17, 15) is 4.79 Å². The molecule has 2 heterocycles. The fourth-order valence-corrected chi connectivity index (χ4v) is 3.29. The molecule has 0 aromatic heterocycles. The van der Waals surface area contributed by atoms with Gasteiger partial charge in [0, 0.05) is 34.7 Å². The first-order valence-electron chi connectivity index (χ1n) is 7.90. The molecule has 2 aliphatic heterocycles. The van der Waals surface area contributed by atoms with Crippen LogP contribution in [0, 0.1) is 6.92 Å². The Balaban J connectivity index is 1.62. The minimum absolute atomic E-state index is 0.321. The van der Waals surface area contributed by atoms with Crippen molar-refractivity contribution >= 4 is 29.0 Å². The number of ether oxygens (including phenoxy) is 2. The van der Waals surface area contributed by atoms with Gasteiger partial charge in [-0.15, -0.1) is 0 Å². The molecule has 0 unspecified atom stereocenters. The average Bonchev–Trinajstić information content (AvgIpc) is 3.19. The first kappa shape index (κ1) is 15.1. The van der Waals surface area contributed by atoms with E-state index in [1.165, 1.54) is 0 Å². The van der Waals surface area contributed by atoms with E-state index in [-0.39, 0.29) is 6.03 Å². The number of carbonyl (C=O) groups excluding carboxylic acids is 1. The zero-order chi connectivity index (χ0) is 16.7. The van der Waals surface area contributed by atoms with Gasteiger partial charge < -0.3 is 20.1 Å². The van der Waals surface area contributed by atoms with Crippen molar-refractivity contribution in [3.8, 4) is 11.5 Å². The Morgan fingerprint density at radius 2 is 1.96 bits per heavy atom. The second kappa shape index (κ2) is 5.91. The molecule has 0 bridgehead atoms. The number of halogens is 1. The van der Waals surface area contributed by atoms with Gasteiger partial charge in [0.05, 0.1) is 18.9 Å². The van der Waals surface area contributed by atoms with E-state index >= 15 is 0 Å². The summed E-state index contributed by atoms with van der Waals surface area (Å²) in [6.07, 6.45) is 1.59. The van der Waals surface area contributed by atoms with Gasteiger partial charge in [-0.2, -0.15) is 0 Å².